The van der Waals surface area contributed by atoms with Crippen LogP contribution in [0, 0.1) is 11.3 Å². The summed E-state index contributed by atoms with van der Waals surface area (Å²) in [7, 11) is 0. The Kier molecular flexibility index (Phi) is 3.57. The molecule has 27 heavy (non-hydrogen) atoms. The fraction of sp³-hybridized carbons (Fsp3) is 0.300. The van der Waals surface area contributed by atoms with E-state index in [0.717, 1.165) is 47.5 Å². The van der Waals surface area contributed by atoms with Crippen LogP contribution >= 0.6 is 0 Å². The lowest BCUT2D eigenvalue weighted by Crippen LogP contribution is -2.36. The Morgan fingerprint density at radius 2 is 2.11 bits per heavy atom. The summed E-state index contributed by atoms with van der Waals surface area (Å²) in [5.41, 5.74) is 4.90. The summed E-state index contributed by atoms with van der Waals surface area (Å²) in [6, 6.07) is 9.45. The van der Waals surface area contributed by atoms with Gasteiger partial charge in [-0.2, -0.15) is 10.4 Å². The number of aromatic amines is 1. The summed E-state index contributed by atoms with van der Waals surface area (Å²) in [4.78, 5) is 19.0. The minimum absolute atomic E-state index is 0.0803. The Hall–Kier alpha value is -3.40. The first kappa shape index (κ1) is 15.8. The fourth-order valence-corrected chi connectivity index (χ4v) is 3.61. The molecule has 0 saturated heterocycles. The zero-order chi connectivity index (χ0) is 18.4. The van der Waals surface area contributed by atoms with Gasteiger partial charge in [0.1, 0.15) is 5.76 Å². The van der Waals surface area contributed by atoms with Crippen LogP contribution < -0.4 is 0 Å². The second-order valence-corrected chi connectivity index (χ2v) is 7.03. The number of amides is 1. The van der Waals surface area contributed by atoms with E-state index < -0.39 is 0 Å². The number of H-pyrrole nitrogens is 1. The van der Waals surface area contributed by atoms with Crippen LogP contribution in [0.2, 0.25) is 0 Å². The number of fused-ring (bicyclic) bond motifs is 1. The van der Waals surface area contributed by atoms with E-state index in [0.29, 0.717) is 30.3 Å². The second kappa shape index (κ2) is 6.09. The first-order valence-corrected chi connectivity index (χ1v) is 9.04. The summed E-state index contributed by atoms with van der Waals surface area (Å²) < 4.78 is 5.47. The van der Waals surface area contributed by atoms with Crippen molar-refractivity contribution < 1.29 is 9.21 Å². The third-order valence-corrected chi connectivity index (χ3v) is 5.25. The van der Waals surface area contributed by atoms with Crippen molar-refractivity contribution in [2.24, 2.45) is 0 Å². The molecule has 0 bridgehead atoms. The van der Waals surface area contributed by atoms with E-state index in [2.05, 4.69) is 21.3 Å². The highest BCUT2D eigenvalue weighted by Crippen LogP contribution is 2.42. The van der Waals surface area contributed by atoms with Gasteiger partial charge in [-0.05, 0) is 25.0 Å². The van der Waals surface area contributed by atoms with E-state index in [9.17, 15) is 4.79 Å². The van der Waals surface area contributed by atoms with Crippen LogP contribution in [0.15, 0.2) is 35.1 Å². The predicted octanol–water partition coefficient (Wildman–Crippen LogP) is 3.01. The van der Waals surface area contributed by atoms with Crippen molar-refractivity contribution in [1.29, 1.82) is 5.26 Å². The van der Waals surface area contributed by atoms with Gasteiger partial charge in [0, 0.05) is 35.7 Å². The van der Waals surface area contributed by atoms with Crippen LogP contribution in [0.4, 0.5) is 0 Å². The molecular weight excluding hydrogens is 342 g/mol. The maximum Gasteiger partial charge on any atom is 0.276 e. The van der Waals surface area contributed by atoms with Gasteiger partial charge in [0.2, 0.25) is 0 Å². The molecule has 0 unspecified atom stereocenters. The number of nitriles is 1. The molecule has 3 heterocycles. The average molecular weight is 359 g/mol. The molecule has 5 rings (SSSR count). The SMILES string of the molecule is N#Cc1ccc(-c2n[nH]c3c2CN(C(=O)c2ncoc2C2CC2)CC3)cc1. The Morgan fingerprint density at radius 3 is 2.85 bits per heavy atom. The van der Waals surface area contributed by atoms with E-state index in [1.807, 2.05) is 17.0 Å². The molecule has 1 fully saturated rings. The van der Waals surface area contributed by atoms with Crippen LogP contribution in [-0.2, 0) is 13.0 Å². The Labute approximate surface area is 155 Å². The Balaban J connectivity index is 1.43. The largest absolute Gasteiger partial charge is 0.447 e. The Morgan fingerprint density at radius 1 is 1.30 bits per heavy atom. The van der Waals surface area contributed by atoms with E-state index in [1.54, 1.807) is 12.1 Å². The molecule has 1 N–H and O–H groups in total. The summed E-state index contributed by atoms with van der Waals surface area (Å²) >= 11 is 0. The summed E-state index contributed by atoms with van der Waals surface area (Å²) in [5.74, 6) is 0.989. The average Bonchev–Trinajstić information content (AvgIpc) is 3.28. The van der Waals surface area contributed by atoms with Crippen molar-refractivity contribution >= 4 is 5.91 Å². The number of rotatable bonds is 3. The monoisotopic (exact) mass is 359 g/mol. The van der Waals surface area contributed by atoms with Gasteiger partial charge in [0.25, 0.3) is 5.91 Å². The summed E-state index contributed by atoms with van der Waals surface area (Å²) in [6.45, 7) is 1.11. The van der Waals surface area contributed by atoms with Crippen LogP contribution in [-0.4, -0.2) is 32.5 Å². The molecular formula is C20H17N5O2. The molecule has 7 heteroatoms. The van der Waals surface area contributed by atoms with Gasteiger partial charge >= 0.3 is 0 Å². The second-order valence-electron chi connectivity index (χ2n) is 7.03. The molecule has 3 aromatic rings. The van der Waals surface area contributed by atoms with Crippen molar-refractivity contribution in [3.05, 3.63) is 58.9 Å². The third kappa shape index (κ3) is 2.70. The normalized spacial score (nSPS) is 16.0. The van der Waals surface area contributed by atoms with Gasteiger partial charge < -0.3 is 9.32 Å². The smallest absolute Gasteiger partial charge is 0.276 e. The fourth-order valence-electron chi connectivity index (χ4n) is 3.61. The van der Waals surface area contributed by atoms with E-state index in [4.69, 9.17) is 9.68 Å². The number of carbonyl (C=O) groups is 1. The van der Waals surface area contributed by atoms with Gasteiger partial charge in [-0.25, -0.2) is 4.98 Å². The highest BCUT2D eigenvalue weighted by Gasteiger charge is 2.35. The number of nitrogens with one attached hydrogen (secondary N) is 1. The quantitative estimate of drug-likeness (QED) is 0.775. The van der Waals surface area contributed by atoms with Gasteiger partial charge in [-0.1, -0.05) is 12.1 Å². The number of hydrogen-bond donors (Lipinski definition) is 1. The molecule has 0 radical (unpaired) electrons. The van der Waals surface area contributed by atoms with Gasteiger partial charge in [0.05, 0.1) is 23.9 Å². The number of benzene rings is 1. The van der Waals surface area contributed by atoms with Crippen molar-refractivity contribution in [2.75, 3.05) is 6.54 Å². The minimum atomic E-state index is -0.0803. The molecule has 2 aromatic heterocycles. The number of nitrogens with zero attached hydrogens (tertiary/aromatic N) is 4. The molecule has 1 amide bonds. The molecule has 7 nitrogen and oxygen atoms in total. The highest BCUT2D eigenvalue weighted by molar-refractivity contribution is 5.93. The van der Waals surface area contributed by atoms with Crippen molar-refractivity contribution in [2.45, 2.75) is 31.7 Å². The third-order valence-electron chi connectivity index (χ3n) is 5.25. The number of carbonyl (C=O) groups excluding carboxylic acids is 1. The minimum Gasteiger partial charge on any atom is -0.447 e. The zero-order valence-corrected chi connectivity index (χ0v) is 14.6. The lowest BCUT2D eigenvalue weighted by atomic mass is 10.00. The van der Waals surface area contributed by atoms with Gasteiger partial charge in [0.15, 0.2) is 12.1 Å². The molecule has 1 aliphatic carbocycles. The van der Waals surface area contributed by atoms with Crippen LogP contribution in [0.5, 0.6) is 0 Å². The molecule has 2 aliphatic rings. The Bertz CT molecular complexity index is 1050. The van der Waals surface area contributed by atoms with Crippen LogP contribution in [0.25, 0.3) is 11.3 Å². The standard InChI is InChI=1S/C20H17N5O2/c21-9-12-1-3-13(4-2-12)17-15-10-25(8-7-16(15)23-24-17)20(26)18-19(14-5-6-14)27-11-22-18/h1-4,11,14H,5-8,10H2,(H,23,24). The van der Waals surface area contributed by atoms with Crippen molar-refractivity contribution in [3.8, 4) is 17.3 Å². The van der Waals surface area contributed by atoms with Crippen LogP contribution in [0.1, 0.15) is 51.8 Å². The van der Waals surface area contributed by atoms with Crippen molar-refractivity contribution in [3.63, 3.8) is 0 Å². The molecule has 1 aromatic carbocycles. The summed E-state index contributed by atoms with van der Waals surface area (Å²) in [5, 5.41) is 16.5. The maximum absolute atomic E-state index is 13.0. The molecule has 134 valence electrons. The lowest BCUT2D eigenvalue weighted by Gasteiger charge is -2.26. The zero-order valence-electron chi connectivity index (χ0n) is 14.6. The maximum atomic E-state index is 13.0. The van der Waals surface area contributed by atoms with Crippen molar-refractivity contribution in [1.82, 2.24) is 20.1 Å². The van der Waals surface area contributed by atoms with Gasteiger partial charge in [-0.15, -0.1) is 0 Å². The molecule has 0 spiro atoms. The molecule has 1 aliphatic heterocycles. The molecule has 1 saturated carbocycles. The lowest BCUT2D eigenvalue weighted by molar-refractivity contribution is 0.0727. The van der Waals surface area contributed by atoms with Gasteiger partial charge in [-0.3, -0.25) is 9.89 Å². The topological polar surface area (TPSA) is 98.8 Å². The van der Waals surface area contributed by atoms with E-state index in [-0.39, 0.29) is 5.91 Å². The molecule has 0 atom stereocenters. The summed E-state index contributed by atoms with van der Waals surface area (Å²) in [6.07, 6.45) is 4.21. The first-order valence-electron chi connectivity index (χ1n) is 9.04. The number of oxazole rings is 1. The first-order chi connectivity index (χ1) is 13.2. The van der Waals surface area contributed by atoms with Crippen LogP contribution in [0.3, 0.4) is 0 Å². The number of hydrogen-bond acceptors (Lipinski definition) is 5. The van der Waals surface area contributed by atoms with E-state index in [1.165, 1.54) is 6.39 Å². The van der Waals surface area contributed by atoms with E-state index >= 15 is 0 Å². The number of aromatic nitrogens is 3. The predicted molar refractivity (Wildman–Crippen MR) is 95.7 cm³/mol. The highest BCUT2D eigenvalue weighted by atomic mass is 16.3.